The molecule has 1 unspecified atom stereocenters. The van der Waals surface area contributed by atoms with Gasteiger partial charge < -0.3 is 4.74 Å². The second-order valence-electron chi connectivity index (χ2n) is 7.77. The summed E-state index contributed by atoms with van der Waals surface area (Å²) >= 11 is 0. The molecular formula is C21H21N5O4S. The van der Waals surface area contributed by atoms with Crippen LogP contribution >= 0.6 is 0 Å². The molecule has 2 aromatic heterocycles. The maximum Gasteiger partial charge on any atom is 0.412 e. The zero-order chi connectivity index (χ0) is 22.8. The number of rotatable bonds is 4. The molecule has 9 nitrogen and oxygen atoms in total. The maximum atomic E-state index is 12.8. The lowest BCUT2D eigenvalue weighted by Crippen LogP contribution is -2.27. The number of amides is 1. The van der Waals surface area contributed by atoms with Gasteiger partial charge in [-0.15, -0.1) is 0 Å². The van der Waals surface area contributed by atoms with Crippen molar-refractivity contribution < 1.29 is 13.7 Å². The Hall–Kier alpha value is -3.58. The molecule has 0 saturated heterocycles. The van der Waals surface area contributed by atoms with Crippen LogP contribution < -0.4 is 10.9 Å². The normalized spacial score (nSPS) is 12.2. The summed E-state index contributed by atoms with van der Waals surface area (Å²) in [5.41, 5.74) is 0.240. The average molecular weight is 439 g/mol. The van der Waals surface area contributed by atoms with Crippen LogP contribution in [-0.4, -0.2) is 36.7 Å². The molecule has 10 heteroatoms. The number of fused-ring (bicyclic) bond motifs is 1. The van der Waals surface area contributed by atoms with Crippen molar-refractivity contribution in [2.75, 3.05) is 11.6 Å². The van der Waals surface area contributed by atoms with E-state index in [0.717, 1.165) is 0 Å². The molecule has 0 aliphatic rings. The Balaban J connectivity index is 2.01. The number of nitriles is 1. The van der Waals surface area contributed by atoms with E-state index >= 15 is 0 Å². The Morgan fingerprint density at radius 2 is 2.06 bits per heavy atom. The quantitative estimate of drug-likeness (QED) is 0.619. The minimum Gasteiger partial charge on any atom is -0.444 e. The summed E-state index contributed by atoms with van der Waals surface area (Å²) in [6.07, 6.45) is 2.29. The summed E-state index contributed by atoms with van der Waals surface area (Å²) in [4.78, 5) is 33.2. The zero-order valence-corrected chi connectivity index (χ0v) is 18.3. The number of hydrogen-bond acceptors (Lipinski definition) is 7. The van der Waals surface area contributed by atoms with E-state index in [4.69, 9.17) is 4.74 Å². The van der Waals surface area contributed by atoms with Crippen molar-refractivity contribution in [3.8, 4) is 6.07 Å². The van der Waals surface area contributed by atoms with Gasteiger partial charge in [0.15, 0.2) is 0 Å². The summed E-state index contributed by atoms with van der Waals surface area (Å²) in [6, 6.07) is 10.2. The van der Waals surface area contributed by atoms with Crippen LogP contribution in [-0.2, 0) is 22.1 Å². The number of hydrogen-bond donors (Lipinski definition) is 1. The summed E-state index contributed by atoms with van der Waals surface area (Å²) in [5, 5.41) is 12.6. The Labute approximate surface area is 181 Å². The van der Waals surface area contributed by atoms with E-state index in [1.54, 1.807) is 45.0 Å². The van der Waals surface area contributed by atoms with E-state index in [1.807, 2.05) is 6.07 Å². The van der Waals surface area contributed by atoms with Gasteiger partial charge >= 0.3 is 6.09 Å². The fraction of sp³-hybridized carbons (Fsp3) is 0.286. The smallest absolute Gasteiger partial charge is 0.412 e. The first kappa shape index (κ1) is 22.1. The molecule has 2 heterocycles. The molecule has 0 aliphatic carbocycles. The van der Waals surface area contributed by atoms with Gasteiger partial charge in [-0.25, -0.2) is 14.8 Å². The number of nitrogens with one attached hydrogen (secondary N) is 1. The van der Waals surface area contributed by atoms with Gasteiger partial charge in [-0.3, -0.25) is 18.9 Å². The molecule has 160 valence electrons. The highest BCUT2D eigenvalue weighted by Gasteiger charge is 2.17. The lowest BCUT2D eigenvalue weighted by Gasteiger charge is -2.19. The van der Waals surface area contributed by atoms with Gasteiger partial charge in [-0.2, -0.15) is 5.26 Å². The lowest BCUT2D eigenvalue weighted by molar-refractivity contribution is 0.0636. The Kier molecular flexibility index (Phi) is 6.17. The predicted octanol–water partition coefficient (Wildman–Crippen LogP) is 2.80. The Bertz CT molecular complexity index is 1290. The highest BCUT2D eigenvalue weighted by atomic mass is 32.2. The van der Waals surface area contributed by atoms with Crippen molar-refractivity contribution in [3.05, 3.63) is 58.0 Å². The van der Waals surface area contributed by atoms with Crippen LogP contribution in [0.1, 0.15) is 31.9 Å². The number of ether oxygens (including phenoxy) is 1. The maximum absolute atomic E-state index is 12.8. The number of carbonyl (C=O) groups excluding carboxylic acids is 1. The number of carbonyl (C=O) groups is 1. The van der Waals surface area contributed by atoms with Crippen molar-refractivity contribution >= 4 is 33.6 Å². The van der Waals surface area contributed by atoms with Gasteiger partial charge in [-0.05, 0) is 44.5 Å². The molecule has 0 saturated carbocycles. The van der Waals surface area contributed by atoms with Crippen LogP contribution in [0.4, 0.5) is 10.5 Å². The van der Waals surface area contributed by atoms with E-state index in [1.165, 1.54) is 23.1 Å². The second-order valence-corrected chi connectivity index (χ2v) is 9.05. The first-order valence-electron chi connectivity index (χ1n) is 9.30. The summed E-state index contributed by atoms with van der Waals surface area (Å²) in [7, 11) is -1.44. The van der Waals surface area contributed by atoms with Crippen molar-refractivity contribution in [2.45, 2.75) is 38.1 Å². The largest absolute Gasteiger partial charge is 0.444 e. The van der Waals surface area contributed by atoms with Gasteiger partial charge in [0, 0.05) is 23.5 Å². The van der Waals surface area contributed by atoms with Crippen LogP contribution in [0.2, 0.25) is 0 Å². The van der Waals surface area contributed by atoms with E-state index in [9.17, 15) is 19.1 Å². The average Bonchev–Trinajstić information content (AvgIpc) is 2.68. The van der Waals surface area contributed by atoms with Crippen LogP contribution in [0.3, 0.4) is 0 Å². The molecule has 0 aliphatic heterocycles. The van der Waals surface area contributed by atoms with E-state index in [0.29, 0.717) is 16.6 Å². The first-order valence-corrected chi connectivity index (χ1v) is 10.9. The Morgan fingerprint density at radius 1 is 1.32 bits per heavy atom. The molecule has 3 aromatic rings. The van der Waals surface area contributed by atoms with Crippen molar-refractivity contribution in [1.82, 2.24) is 14.5 Å². The fourth-order valence-electron chi connectivity index (χ4n) is 2.86. The molecule has 3 rings (SSSR count). The molecule has 1 atom stereocenters. The Morgan fingerprint density at radius 3 is 2.71 bits per heavy atom. The number of aromatic nitrogens is 3. The van der Waals surface area contributed by atoms with Crippen molar-refractivity contribution in [3.63, 3.8) is 0 Å². The number of nitrogens with zero attached hydrogens (tertiary/aromatic N) is 4. The molecular weight excluding hydrogens is 418 g/mol. The molecule has 0 spiro atoms. The van der Waals surface area contributed by atoms with Crippen molar-refractivity contribution in [2.24, 2.45) is 0 Å². The molecule has 31 heavy (non-hydrogen) atoms. The highest BCUT2D eigenvalue weighted by molar-refractivity contribution is 7.84. The zero-order valence-electron chi connectivity index (χ0n) is 17.5. The van der Waals surface area contributed by atoms with Crippen LogP contribution in [0.5, 0.6) is 0 Å². The second kappa shape index (κ2) is 8.65. The SMILES string of the molecule is CS(=O)c1ncc2cc(C#N)c(=O)n(Cc3cccc(NC(=O)OC(C)(C)C)c3)c2n1. The highest BCUT2D eigenvalue weighted by Crippen LogP contribution is 2.17. The van der Waals surface area contributed by atoms with E-state index in [-0.39, 0.29) is 22.9 Å². The van der Waals surface area contributed by atoms with Gasteiger partial charge in [0.05, 0.1) is 17.3 Å². The summed E-state index contributed by atoms with van der Waals surface area (Å²) in [6.45, 7) is 5.38. The summed E-state index contributed by atoms with van der Waals surface area (Å²) < 4.78 is 18.4. The van der Waals surface area contributed by atoms with Crippen LogP contribution in [0, 0.1) is 11.3 Å². The number of pyridine rings is 1. The standard InChI is InChI=1S/C21H21N5O4S/c1-21(2,3)30-20(28)24-16-7-5-6-13(8-16)12-26-17-15(9-14(10-22)18(26)27)11-23-19(25-17)31(4)29/h5-9,11H,12H2,1-4H3,(H,24,28). The predicted molar refractivity (Wildman–Crippen MR) is 116 cm³/mol. The van der Waals surface area contributed by atoms with Gasteiger partial charge in [0.2, 0.25) is 5.16 Å². The molecule has 0 radical (unpaired) electrons. The first-order chi connectivity index (χ1) is 14.6. The van der Waals surface area contributed by atoms with E-state index < -0.39 is 28.1 Å². The minimum atomic E-state index is -1.44. The third kappa shape index (κ3) is 5.32. The van der Waals surface area contributed by atoms with Gasteiger partial charge in [-0.1, -0.05) is 12.1 Å². The topological polar surface area (TPSA) is 127 Å². The molecule has 1 aromatic carbocycles. The molecule has 0 fully saturated rings. The van der Waals surface area contributed by atoms with Gasteiger partial charge in [0.25, 0.3) is 5.56 Å². The number of anilines is 1. The van der Waals surface area contributed by atoms with Crippen LogP contribution in [0.25, 0.3) is 11.0 Å². The summed E-state index contributed by atoms with van der Waals surface area (Å²) in [5.74, 6) is 0. The van der Waals surface area contributed by atoms with Gasteiger partial charge in [0.1, 0.15) is 22.9 Å². The monoisotopic (exact) mass is 439 g/mol. The number of benzene rings is 1. The molecule has 1 N–H and O–H groups in total. The fourth-order valence-corrected chi connectivity index (χ4v) is 3.28. The van der Waals surface area contributed by atoms with E-state index in [2.05, 4.69) is 15.3 Å². The third-order valence-corrected chi connectivity index (χ3v) is 4.81. The molecule has 0 bridgehead atoms. The molecule has 1 amide bonds. The van der Waals surface area contributed by atoms with Crippen LogP contribution in [0.15, 0.2) is 46.5 Å². The van der Waals surface area contributed by atoms with Crippen molar-refractivity contribution in [1.29, 1.82) is 5.26 Å². The lowest BCUT2D eigenvalue weighted by atomic mass is 10.1. The minimum absolute atomic E-state index is 0.0514. The third-order valence-electron chi connectivity index (χ3n) is 4.10.